The maximum Gasteiger partial charge on any atom is 0.203 e. The summed E-state index contributed by atoms with van der Waals surface area (Å²) in [5, 5.41) is 4.09. The molecule has 0 atom stereocenters. The van der Waals surface area contributed by atoms with Gasteiger partial charge in [0.2, 0.25) is 5.43 Å². The first-order valence-electron chi connectivity index (χ1n) is 7.02. The molecule has 2 N–H and O–H groups in total. The van der Waals surface area contributed by atoms with E-state index in [-0.39, 0.29) is 23.2 Å². The van der Waals surface area contributed by atoms with Gasteiger partial charge in [0.25, 0.3) is 0 Å². The molecule has 0 radical (unpaired) electrons. The van der Waals surface area contributed by atoms with Crippen LogP contribution in [-0.4, -0.2) is 9.78 Å². The first-order chi connectivity index (χ1) is 11.4. The van der Waals surface area contributed by atoms with E-state index in [1.807, 2.05) is 0 Å². The Morgan fingerprint density at radius 1 is 1.04 bits per heavy atom. The lowest BCUT2D eigenvalue weighted by Gasteiger charge is -2.09. The molecule has 1 heterocycles. The Morgan fingerprint density at radius 2 is 1.75 bits per heavy atom. The van der Waals surface area contributed by atoms with Crippen molar-refractivity contribution >= 4 is 5.69 Å². The van der Waals surface area contributed by atoms with Crippen molar-refractivity contribution in [2.75, 3.05) is 5.73 Å². The standard InChI is InChI=1S/C17H12F3N3O/c18-13-8-12(9-14(19)17(13)20)23-5-4-16(24)15(22-23)7-10-2-1-3-11(21)6-10/h1-6,8-9H,7,21H2. The number of anilines is 1. The molecule has 0 saturated carbocycles. The highest BCUT2D eigenvalue weighted by Gasteiger charge is 2.12. The second-order valence-corrected chi connectivity index (χ2v) is 5.22. The highest BCUT2D eigenvalue weighted by Crippen LogP contribution is 2.16. The molecular weight excluding hydrogens is 319 g/mol. The molecule has 0 fully saturated rings. The summed E-state index contributed by atoms with van der Waals surface area (Å²) >= 11 is 0. The van der Waals surface area contributed by atoms with Gasteiger partial charge >= 0.3 is 0 Å². The largest absolute Gasteiger partial charge is 0.399 e. The quantitative estimate of drug-likeness (QED) is 0.593. The fraction of sp³-hybridized carbons (Fsp3) is 0.0588. The van der Waals surface area contributed by atoms with Gasteiger partial charge in [-0.1, -0.05) is 12.1 Å². The second kappa shape index (κ2) is 6.19. The van der Waals surface area contributed by atoms with E-state index in [1.54, 1.807) is 24.3 Å². The molecule has 24 heavy (non-hydrogen) atoms. The molecule has 0 aliphatic rings. The van der Waals surface area contributed by atoms with Crippen LogP contribution in [0.1, 0.15) is 11.3 Å². The number of rotatable bonds is 3. The SMILES string of the molecule is Nc1cccc(Cc2nn(-c3cc(F)c(F)c(F)c3)ccc2=O)c1. The minimum atomic E-state index is -1.56. The average Bonchev–Trinajstić information content (AvgIpc) is 2.54. The number of hydrogen-bond donors (Lipinski definition) is 1. The van der Waals surface area contributed by atoms with Crippen LogP contribution in [0.4, 0.5) is 18.9 Å². The lowest BCUT2D eigenvalue weighted by Crippen LogP contribution is -2.16. The first-order valence-corrected chi connectivity index (χ1v) is 7.02. The van der Waals surface area contributed by atoms with Crippen LogP contribution in [0.5, 0.6) is 0 Å². The minimum Gasteiger partial charge on any atom is -0.399 e. The fourth-order valence-electron chi connectivity index (χ4n) is 2.28. The highest BCUT2D eigenvalue weighted by atomic mass is 19.2. The van der Waals surface area contributed by atoms with E-state index < -0.39 is 17.5 Å². The van der Waals surface area contributed by atoms with Gasteiger partial charge in [-0.15, -0.1) is 0 Å². The maximum atomic E-state index is 13.4. The third kappa shape index (κ3) is 3.15. The van der Waals surface area contributed by atoms with Crippen LogP contribution in [-0.2, 0) is 6.42 Å². The first kappa shape index (κ1) is 15.8. The Morgan fingerprint density at radius 3 is 2.42 bits per heavy atom. The van der Waals surface area contributed by atoms with Crippen molar-refractivity contribution in [3.63, 3.8) is 0 Å². The smallest absolute Gasteiger partial charge is 0.203 e. The van der Waals surface area contributed by atoms with E-state index in [0.717, 1.165) is 22.4 Å². The maximum absolute atomic E-state index is 13.4. The summed E-state index contributed by atoms with van der Waals surface area (Å²) in [7, 11) is 0. The summed E-state index contributed by atoms with van der Waals surface area (Å²) in [6.45, 7) is 0. The zero-order valence-electron chi connectivity index (χ0n) is 12.3. The van der Waals surface area contributed by atoms with Crippen LogP contribution >= 0.6 is 0 Å². The number of nitrogen functional groups attached to an aromatic ring is 1. The Kier molecular flexibility index (Phi) is 4.07. The lowest BCUT2D eigenvalue weighted by molar-refractivity contribution is 0.445. The molecule has 0 spiro atoms. The molecule has 3 aromatic rings. The summed E-state index contributed by atoms with van der Waals surface area (Å²) in [6, 6.07) is 9.79. The fourth-order valence-corrected chi connectivity index (χ4v) is 2.28. The molecular formula is C17H12F3N3O. The molecule has 7 heteroatoms. The molecule has 0 saturated heterocycles. The van der Waals surface area contributed by atoms with Crippen LogP contribution in [0, 0.1) is 17.5 Å². The van der Waals surface area contributed by atoms with Gasteiger partial charge < -0.3 is 5.73 Å². The van der Waals surface area contributed by atoms with Gasteiger partial charge in [0.1, 0.15) is 5.69 Å². The van der Waals surface area contributed by atoms with Crippen LogP contribution in [0.15, 0.2) is 53.5 Å². The Balaban J connectivity index is 2.02. The van der Waals surface area contributed by atoms with Crippen molar-refractivity contribution in [3.8, 4) is 5.69 Å². The molecule has 1 aromatic heterocycles. The topological polar surface area (TPSA) is 60.9 Å². The summed E-state index contributed by atoms with van der Waals surface area (Å²) in [5.41, 5.74) is 6.84. The lowest BCUT2D eigenvalue weighted by atomic mass is 10.1. The van der Waals surface area contributed by atoms with Crippen LogP contribution < -0.4 is 11.2 Å². The predicted molar refractivity (Wildman–Crippen MR) is 83.4 cm³/mol. The molecule has 0 bridgehead atoms. The molecule has 2 aromatic carbocycles. The third-order valence-electron chi connectivity index (χ3n) is 3.44. The number of nitrogens with two attached hydrogens (primary N) is 1. The van der Waals surface area contributed by atoms with E-state index in [0.29, 0.717) is 5.69 Å². The summed E-state index contributed by atoms with van der Waals surface area (Å²) in [5.74, 6) is -4.22. The van der Waals surface area contributed by atoms with Crippen molar-refractivity contribution in [2.45, 2.75) is 6.42 Å². The van der Waals surface area contributed by atoms with Gasteiger partial charge in [-0.05, 0) is 17.7 Å². The Labute approximate surface area is 135 Å². The molecule has 0 aliphatic heterocycles. The molecule has 122 valence electrons. The van der Waals surface area contributed by atoms with E-state index >= 15 is 0 Å². The molecule has 4 nitrogen and oxygen atoms in total. The minimum absolute atomic E-state index is 0.0276. The van der Waals surface area contributed by atoms with Crippen LogP contribution in [0.3, 0.4) is 0 Å². The summed E-state index contributed by atoms with van der Waals surface area (Å²) in [4.78, 5) is 12.0. The molecule has 0 unspecified atom stereocenters. The number of nitrogens with zero attached hydrogens (tertiary/aromatic N) is 2. The summed E-state index contributed by atoms with van der Waals surface area (Å²) in [6.07, 6.45) is 1.47. The number of benzene rings is 2. The van der Waals surface area contributed by atoms with Gasteiger partial charge in [-0.2, -0.15) is 5.10 Å². The van der Waals surface area contributed by atoms with Gasteiger partial charge in [-0.3, -0.25) is 4.79 Å². The normalized spacial score (nSPS) is 10.8. The van der Waals surface area contributed by atoms with E-state index in [4.69, 9.17) is 5.73 Å². The number of hydrogen-bond acceptors (Lipinski definition) is 3. The summed E-state index contributed by atoms with van der Waals surface area (Å²) < 4.78 is 40.9. The second-order valence-electron chi connectivity index (χ2n) is 5.22. The van der Waals surface area contributed by atoms with Gasteiger partial charge in [-0.25, -0.2) is 17.9 Å². The van der Waals surface area contributed by atoms with Crippen molar-refractivity contribution < 1.29 is 13.2 Å². The average molecular weight is 331 g/mol. The van der Waals surface area contributed by atoms with E-state index in [9.17, 15) is 18.0 Å². The van der Waals surface area contributed by atoms with Crippen LogP contribution in [0.2, 0.25) is 0 Å². The van der Waals surface area contributed by atoms with Gasteiger partial charge in [0.15, 0.2) is 17.5 Å². The van der Waals surface area contributed by atoms with Crippen molar-refractivity contribution in [3.05, 3.63) is 87.6 Å². The molecule has 0 aliphatic carbocycles. The zero-order valence-corrected chi connectivity index (χ0v) is 12.3. The van der Waals surface area contributed by atoms with E-state index in [1.165, 1.54) is 12.3 Å². The highest BCUT2D eigenvalue weighted by molar-refractivity contribution is 5.41. The monoisotopic (exact) mass is 331 g/mol. The molecule has 0 amide bonds. The predicted octanol–water partition coefficient (Wildman–Crippen LogP) is 2.82. The van der Waals surface area contributed by atoms with Crippen molar-refractivity contribution in [1.29, 1.82) is 0 Å². The number of halogens is 3. The van der Waals surface area contributed by atoms with Gasteiger partial charge in [0.05, 0.1) is 5.69 Å². The van der Waals surface area contributed by atoms with E-state index in [2.05, 4.69) is 5.10 Å². The van der Waals surface area contributed by atoms with Crippen LogP contribution in [0.25, 0.3) is 5.69 Å². The number of aromatic nitrogens is 2. The Hall–Kier alpha value is -3.09. The van der Waals surface area contributed by atoms with Gasteiger partial charge in [0, 0.05) is 36.5 Å². The Bertz CT molecular complexity index is 946. The van der Waals surface area contributed by atoms with Crippen molar-refractivity contribution in [2.24, 2.45) is 0 Å². The van der Waals surface area contributed by atoms with Crippen molar-refractivity contribution in [1.82, 2.24) is 9.78 Å². The third-order valence-corrected chi connectivity index (χ3v) is 3.44. The molecule has 3 rings (SSSR count). The zero-order chi connectivity index (χ0) is 17.3.